The molecule has 0 aliphatic carbocycles. The first-order valence-corrected chi connectivity index (χ1v) is 15.0. The van der Waals surface area contributed by atoms with E-state index in [1.807, 2.05) is 43.3 Å². The molecule has 1 aliphatic rings. The van der Waals surface area contributed by atoms with E-state index in [1.165, 1.54) is 7.11 Å². The Morgan fingerprint density at radius 3 is 2.33 bits per heavy atom. The molecule has 1 fully saturated rings. The van der Waals surface area contributed by atoms with Crippen molar-refractivity contribution in [3.05, 3.63) is 94.5 Å². The Bertz CT molecular complexity index is 1730. The van der Waals surface area contributed by atoms with E-state index in [2.05, 4.69) is 25.6 Å². The van der Waals surface area contributed by atoms with Gasteiger partial charge in [-0.3, -0.25) is 24.2 Å². The molecule has 0 bridgehead atoms. The number of carbonyl (C=O) groups excluding carboxylic acids is 3. The van der Waals surface area contributed by atoms with Crippen LogP contribution in [0, 0.1) is 6.92 Å². The number of fused-ring (bicyclic) bond motifs is 1. The number of H-pyrrole nitrogens is 1. The second-order valence-corrected chi connectivity index (χ2v) is 11.0. The van der Waals surface area contributed by atoms with Crippen LogP contribution in [-0.4, -0.2) is 103 Å². The van der Waals surface area contributed by atoms with Crippen LogP contribution in [0.4, 0.5) is 5.69 Å². The van der Waals surface area contributed by atoms with E-state index in [-0.39, 0.29) is 17.7 Å². The van der Waals surface area contributed by atoms with E-state index in [4.69, 9.17) is 14.6 Å². The second-order valence-electron chi connectivity index (χ2n) is 11.0. The van der Waals surface area contributed by atoms with Gasteiger partial charge in [0.15, 0.2) is 5.88 Å². The molecule has 5 rings (SSSR count). The van der Waals surface area contributed by atoms with Crippen molar-refractivity contribution in [2.75, 3.05) is 60.0 Å². The van der Waals surface area contributed by atoms with Gasteiger partial charge in [0.2, 0.25) is 5.91 Å². The van der Waals surface area contributed by atoms with Crippen LogP contribution in [-0.2, 0) is 14.4 Å². The molecular weight excluding hydrogens is 588 g/mol. The van der Waals surface area contributed by atoms with E-state index in [1.54, 1.807) is 37.4 Å². The lowest BCUT2D eigenvalue weighted by Crippen LogP contribution is -2.50. The van der Waals surface area contributed by atoms with Gasteiger partial charge in [0, 0.05) is 61.8 Å². The number of amides is 2. The van der Waals surface area contributed by atoms with Crippen LogP contribution in [0.5, 0.6) is 5.88 Å². The zero-order chi connectivity index (χ0) is 32.6. The lowest BCUT2D eigenvalue weighted by Gasteiger charge is -2.33. The van der Waals surface area contributed by atoms with Crippen LogP contribution in [0.15, 0.2) is 71.7 Å². The van der Waals surface area contributed by atoms with Crippen molar-refractivity contribution in [2.24, 2.45) is 4.99 Å². The number of nitrogens with one attached hydrogen (secondary N) is 3. The highest BCUT2D eigenvalue weighted by atomic mass is 16.7. The average Bonchev–Trinajstić information content (AvgIpc) is 3.39. The van der Waals surface area contributed by atoms with Crippen LogP contribution in [0.2, 0.25) is 0 Å². The fourth-order valence-electron chi connectivity index (χ4n) is 5.39. The minimum atomic E-state index is -0.462. The van der Waals surface area contributed by atoms with Crippen molar-refractivity contribution in [3.63, 3.8) is 0 Å². The first kappa shape index (κ1) is 32.4. The zero-order valence-corrected chi connectivity index (χ0v) is 26.1. The summed E-state index contributed by atoms with van der Waals surface area (Å²) in [5.74, 6) is -0.912. The second kappa shape index (κ2) is 14.8. The minimum Gasteiger partial charge on any atom is -0.494 e. The molecule has 0 saturated carbocycles. The number of aromatic amines is 1. The van der Waals surface area contributed by atoms with E-state index in [9.17, 15) is 19.5 Å². The lowest BCUT2D eigenvalue weighted by atomic mass is 9.98. The summed E-state index contributed by atoms with van der Waals surface area (Å²) in [5, 5.41) is 14.4. The number of likely N-dealkylation sites (N-methyl/N-ethyl adjacent to an activating group) is 1. The summed E-state index contributed by atoms with van der Waals surface area (Å²) in [4.78, 5) is 54.2. The third-order valence-corrected chi connectivity index (χ3v) is 7.97. The topological polar surface area (TPSA) is 149 Å². The maximum absolute atomic E-state index is 12.7. The molecular formula is C34H38N6O6. The third kappa shape index (κ3) is 7.60. The molecule has 0 atom stereocenters. The monoisotopic (exact) mass is 626 g/mol. The molecule has 2 amide bonds. The van der Waals surface area contributed by atoms with Crippen molar-refractivity contribution in [1.82, 2.24) is 25.6 Å². The molecule has 1 aliphatic heterocycles. The summed E-state index contributed by atoms with van der Waals surface area (Å²) in [7, 11) is 2.97. The number of piperazine rings is 1. The number of carbonyl (C=O) groups is 3. The summed E-state index contributed by atoms with van der Waals surface area (Å²) in [6.07, 6.45) is 0. The number of ether oxygens (including phenoxy) is 1. The Balaban J connectivity index is 1.26. The number of aromatic hydroxyl groups is 1. The van der Waals surface area contributed by atoms with Gasteiger partial charge in [-0.1, -0.05) is 30.3 Å². The number of methoxy groups -OCH3 is 1. The Morgan fingerprint density at radius 1 is 0.957 bits per heavy atom. The summed E-state index contributed by atoms with van der Waals surface area (Å²) < 4.78 is 4.90. The molecule has 2 heterocycles. The molecule has 4 N–H and O–H groups in total. The number of esters is 1. The van der Waals surface area contributed by atoms with Crippen molar-refractivity contribution in [2.45, 2.75) is 6.92 Å². The molecule has 1 aromatic heterocycles. The van der Waals surface area contributed by atoms with Crippen LogP contribution in [0.25, 0.3) is 10.9 Å². The third-order valence-electron chi connectivity index (χ3n) is 7.97. The Labute approximate surface area is 267 Å². The smallest absolute Gasteiger partial charge is 0.338 e. The molecule has 12 nitrogen and oxygen atoms in total. The number of hydrogen-bond acceptors (Lipinski definition) is 9. The molecule has 1 saturated heterocycles. The van der Waals surface area contributed by atoms with E-state index in [0.717, 1.165) is 31.7 Å². The van der Waals surface area contributed by atoms with E-state index >= 15 is 0 Å². The highest BCUT2D eigenvalue weighted by Crippen LogP contribution is 2.33. The SMILES string of the molecule is CNC(=O)CN1CCN(CCONC(=O)c2ccc(N=C(c3ccccc3)c3c(O)[nH]c4cc(C(=O)OC)c(C)cc34)cc2)CC1. The average molecular weight is 627 g/mol. The van der Waals surface area contributed by atoms with Crippen LogP contribution < -0.4 is 10.8 Å². The van der Waals surface area contributed by atoms with Crippen LogP contribution >= 0.6 is 0 Å². The highest BCUT2D eigenvalue weighted by Gasteiger charge is 2.22. The normalized spacial score (nSPS) is 14.3. The van der Waals surface area contributed by atoms with Crippen LogP contribution in [0.3, 0.4) is 0 Å². The van der Waals surface area contributed by atoms with Gasteiger partial charge >= 0.3 is 5.97 Å². The first-order valence-electron chi connectivity index (χ1n) is 15.0. The standard InChI is InChI=1S/C34H38N6O6/c1-22-19-27-28(20-26(22)34(44)45-3)37-33(43)30(27)31(23-7-5-4-6-8-23)36-25-11-9-24(10-12-25)32(42)38-46-18-17-39-13-15-40(16-14-39)21-29(41)35-2/h4-12,19-20,37,43H,13-18,21H2,1-3H3,(H,35,41)(H,38,42). The number of nitrogens with zero attached hydrogens (tertiary/aromatic N) is 3. The number of hydroxylamine groups is 1. The van der Waals surface area contributed by atoms with Gasteiger partial charge in [0.25, 0.3) is 5.91 Å². The maximum Gasteiger partial charge on any atom is 0.338 e. The number of hydrogen-bond donors (Lipinski definition) is 4. The molecule has 12 heteroatoms. The number of rotatable bonds is 11. The Hall–Kier alpha value is -5.04. The van der Waals surface area contributed by atoms with Gasteiger partial charge in [0.1, 0.15) is 0 Å². The predicted octanol–water partition coefficient (Wildman–Crippen LogP) is 3.16. The molecule has 0 spiro atoms. The van der Waals surface area contributed by atoms with Gasteiger partial charge in [-0.15, -0.1) is 0 Å². The quantitative estimate of drug-likeness (QED) is 0.0859. The number of benzene rings is 3. The van der Waals surface area contributed by atoms with Gasteiger partial charge < -0.3 is 20.1 Å². The number of aromatic nitrogens is 1. The fourth-order valence-corrected chi connectivity index (χ4v) is 5.39. The van der Waals surface area contributed by atoms with Gasteiger partial charge in [-0.2, -0.15) is 0 Å². The lowest BCUT2D eigenvalue weighted by molar-refractivity contribution is -0.122. The van der Waals surface area contributed by atoms with Crippen molar-refractivity contribution >= 4 is 40.1 Å². The van der Waals surface area contributed by atoms with Crippen molar-refractivity contribution in [3.8, 4) is 5.88 Å². The molecule has 46 heavy (non-hydrogen) atoms. The Morgan fingerprint density at radius 2 is 1.65 bits per heavy atom. The largest absolute Gasteiger partial charge is 0.494 e. The number of aliphatic imine (C=N–C) groups is 1. The van der Waals surface area contributed by atoms with Crippen LogP contribution in [0.1, 0.15) is 37.4 Å². The van der Waals surface area contributed by atoms with Crippen molar-refractivity contribution in [1.29, 1.82) is 0 Å². The van der Waals surface area contributed by atoms with E-state index in [0.29, 0.717) is 64.3 Å². The van der Waals surface area contributed by atoms with Gasteiger partial charge in [0.05, 0.1) is 42.8 Å². The molecule has 240 valence electrons. The summed E-state index contributed by atoms with van der Waals surface area (Å²) in [6, 6.07) is 19.7. The van der Waals surface area contributed by atoms with E-state index < -0.39 is 5.97 Å². The predicted molar refractivity (Wildman–Crippen MR) is 175 cm³/mol. The number of aryl methyl sites for hydroxylation is 1. The molecule has 0 unspecified atom stereocenters. The van der Waals surface area contributed by atoms with Crippen molar-refractivity contribution < 1.29 is 29.1 Å². The fraction of sp³-hybridized carbons (Fsp3) is 0.294. The van der Waals surface area contributed by atoms with Gasteiger partial charge in [-0.05, 0) is 48.9 Å². The maximum atomic E-state index is 12.7. The summed E-state index contributed by atoms with van der Waals surface area (Å²) in [6.45, 7) is 6.46. The molecule has 4 aromatic rings. The highest BCUT2D eigenvalue weighted by molar-refractivity contribution is 6.22. The van der Waals surface area contributed by atoms with Gasteiger partial charge in [-0.25, -0.2) is 15.3 Å². The molecule has 3 aromatic carbocycles. The first-order chi connectivity index (χ1) is 22.3. The zero-order valence-electron chi connectivity index (χ0n) is 26.1. The Kier molecular flexibility index (Phi) is 10.4. The minimum absolute atomic E-state index is 0.0105. The summed E-state index contributed by atoms with van der Waals surface area (Å²) >= 11 is 0. The summed E-state index contributed by atoms with van der Waals surface area (Å²) in [5.41, 5.74) is 6.93. The molecule has 0 radical (unpaired) electrons.